The van der Waals surface area contributed by atoms with Gasteiger partial charge in [-0.2, -0.15) is 0 Å². The molecule has 1 aromatic carbocycles. The maximum Gasteiger partial charge on any atom is 0.260 e. The largest absolute Gasteiger partial charge is 0.484 e. The first-order chi connectivity index (χ1) is 10.1. The third kappa shape index (κ3) is 4.21. The van der Waals surface area contributed by atoms with E-state index in [1.54, 1.807) is 0 Å². The fraction of sp³-hybridized carbons (Fsp3) is 0.588. The van der Waals surface area contributed by atoms with Crippen molar-refractivity contribution in [2.75, 3.05) is 33.3 Å². The van der Waals surface area contributed by atoms with Crippen molar-refractivity contribution in [1.82, 2.24) is 9.80 Å². The molecule has 4 heteroatoms. The maximum absolute atomic E-state index is 12.3. The van der Waals surface area contributed by atoms with E-state index in [0.717, 1.165) is 43.8 Å². The lowest BCUT2D eigenvalue weighted by molar-refractivity contribution is -0.135. The molecule has 1 amide bonds. The molecule has 1 aliphatic rings. The normalized spacial score (nSPS) is 16.7. The van der Waals surface area contributed by atoms with E-state index in [4.69, 9.17) is 4.74 Å². The van der Waals surface area contributed by atoms with E-state index < -0.39 is 0 Å². The third-order valence-electron chi connectivity index (χ3n) is 4.39. The number of benzene rings is 1. The molecule has 116 valence electrons. The molecule has 1 aromatic rings. The number of hydrogen-bond donors (Lipinski definition) is 0. The molecule has 1 fully saturated rings. The standard InChI is InChI=1S/C17H26N2O2/c1-4-19-11-9-15(10-12-19)18(3)17(20)13-21-16-8-6-5-7-14(16)2/h5-8,15H,4,9-13H2,1-3H3. The summed E-state index contributed by atoms with van der Waals surface area (Å²) in [6.45, 7) is 7.56. The molecule has 0 atom stereocenters. The highest BCUT2D eigenvalue weighted by molar-refractivity contribution is 5.77. The Labute approximate surface area is 127 Å². The molecule has 21 heavy (non-hydrogen) atoms. The number of carbonyl (C=O) groups excluding carboxylic acids is 1. The Balaban J connectivity index is 1.82. The van der Waals surface area contributed by atoms with Crippen LogP contribution in [0, 0.1) is 6.92 Å². The Morgan fingerprint density at radius 1 is 1.33 bits per heavy atom. The van der Waals surface area contributed by atoms with Gasteiger partial charge in [-0.15, -0.1) is 0 Å². The molecule has 4 nitrogen and oxygen atoms in total. The Kier molecular flexibility index (Phi) is 5.62. The number of likely N-dealkylation sites (tertiary alicyclic amines) is 1. The first kappa shape index (κ1) is 15.8. The quantitative estimate of drug-likeness (QED) is 0.834. The van der Waals surface area contributed by atoms with Gasteiger partial charge in [-0.05, 0) is 37.9 Å². The zero-order valence-corrected chi connectivity index (χ0v) is 13.3. The number of amides is 1. The van der Waals surface area contributed by atoms with Crippen molar-refractivity contribution in [2.24, 2.45) is 0 Å². The summed E-state index contributed by atoms with van der Waals surface area (Å²) >= 11 is 0. The van der Waals surface area contributed by atoms with Crippen molar-refractivity contribution in [3.8, 4) is 5.75 Å². The van der Waals surface area contributed by atoms with Gasteiger partial charge in [-0.3, -0.25) is 4.79 Å². The summed E-state index contributed by atoms with van der Waals surface area (Å²) < 4.78 is 5.65. The molecule has 0 spiro atoms. The zero-order chi connectivity index (χ0) is 15.2. The summed E-state index contributed by atoms with van der Waals surface area (Å²) in [5.41, 5.74) is 1.06. The van der Waals surface area contributed by atoms with Gasteiger partial charge in [0.25, 0.3) is 5.91 Å². The molecular formula is C17H26N2O2. The van der Waals surface area contributed by atoms with Crippen LogP contribution in [0.3, 0.4) is 0 Å². The molecule has 0 aliphatic carbocycles. The van der Waals surface area contributed by atoms with Gasteiger partial charge >= 0.3 is 0 Å². The lowest BCUT2D eigenvalue weighted by Gasteiger charge is -2.36. The maximum atomic E-state index is 12.3. The van der Waals surface area contributed by atoms with Gasteiger partial charge in [0.05, 0.1) is 0 Å². The van der Waals surface area contributed by atoms with Gasteiger partial charge in [0.1, 0.15) is 5.75 Å². The second kappa shape index (κ2) is 7.46. The van der Waals surface area contributed by atoms with E-state index in [9.17, 15) is 4.79 Å². The van der Waals surface area contributed by atoms with Crippen LogP contribution in [0.25, 0.3) is 0 Å². The molecule has 0 bridgehead atoms. The summed E-state index contributed by atoms with van der Waals surface area (Å²) in [6.07, 6.45) is 2.11. The minimum atomic E-state index is 0.0631. The van der Waals surface area contributed by atoms with Crippen molar-refractivity contribution in [3.63, 3.8) is 0 Å². The molecule has 0 unspecified atom stereocenters. The van der Waals surface area contributed by atoms with E-state index in [2.05, 4.69) is 11.8 Å². The van der Waals surface area contributed by atoms with Gasteiger partial charge in [0.2, 0.25) is 0 Å². The first-order valence-electron chi connectivity index (χ1n) is 7.78. The lowest BCUT2D eigenvalue weighted by atomic mass is 10.0. The second-order valence-electron chi connectivity index (χ2n) is 5.72. The highest BCUT2D eigenvalue weighted by atomic mass is 16.5. The predicted molar refractivity (Wildman–Crippen MR) is 84.6 cm³/mol. The number of piperidine rings is 1. The van der Waals surface area contributed by atoms with Crippen molar-refractivity contribution < 1.29 is 9.53 Å². The highest BCUT2D eigenvalue weighted by Crippen LogP contribution is 2.18. The van der Waals surface area contributed by atoms with Crippen LogP contribution in [0.4, 0.5) is 0 Å². The minimum Gasteiger partial charge on any atom is -0.484 e. The number of aryl methyl sites for hydroxylation is 1. The van der Waals surface area contributed by atoms with Crippen LogP contribution in [0.1, 0.15) is 25.3 Å². The average molecular weight is 290 g/mol. The molecule has 0 N–H and O–H groups in total. The number of carbonyl (C=O) groups is 1. The van der Waals surface area contributed by atoms with Gasteiger partial charge in [0, 0.05) is 26.2 Å². The summed E-state index contributed by atoms with van der Waals surface area (Å²) in [5.74, 6) is 0.855. The monoisotopic (exact) mass is 290 g/mol. The van der Waals surface area contributed by atoms with Crippen molar-refractivity contribution in [3.05, 3.63) is 29.8 Å². The molecule has 0 radical (unpaired) electrons. The third-order valence-corrected chi connectivity index (χ3v) is 4.39. The average Bonchev–Trinajstić information content (AvgIpc) is 2.53. The van der Waals surface area contributed by atoms with Crippen LogP contribution in [0.15, 0.2) is 24.3 Å². The zero-order valence-electron chi connectivity index (χ0n) is 13.3. The Hall–Kier alpha value is -1.55. The second-order valence-corrected chi connectivity index (χ2v) is 5.72. The molecule has 2 rings (SSSR count). The van der Waals surface area contributed by atoms with Crippen LogP contribution in [0.5, 0.6) is 5.75 Å². The molecular weight excluding hydrogens is 264 g/mol. The number of likely N-dealkylation sites (N-methyl/N-ethyl adjacent to an activating group) is 1. The van der Waals surface area contributed by atoms with Crippen LogP contribution in [-0.4, -0.2) is 55.0 Å². The van der Waals surface area contributed by atoms with Crippen LogP contribution in [0.2, 0.25) is 0 Å². The van der Waals surface area contributed by atoms with Crippen LogP contribution < -0.4 is 4.74 Å². The molecule has 0 aromatic heterocycles. The van der Waals surface area contributed by atoms with Crippen LogP contribution >= 0.6 is 0 Å². The Morgan fingerprint density at radius 2 is 2.00 bits per heavy atom. The van der Waals surface area contributed by atoms with Crippen LogP contribution in [-0.2, 0) is 4.79 Å². The van der Waals surface area contributed by atoms with Gasteiger partial charge in [0.15, 0.2) is 6.61 Å². The fourth-order valence-electron chi connectivity index (χ4n) is 2.79. The smallest absolute Gasteiger partial charge is 0.260 e. The summed E-state index contributed by atoms with van der Waals surface area (Å²) in [4.78, 5) is 16.6. The SMILES string of the molecule is CCN1CCC(N(C)C(=O)COc2ccccc2C)CC1. The van der Waals surface area contributed by atoms with Crippen molar-refractivity contribution >= 4 is 5.91 Å². The number of rotatable bonds is 5. The summed E-state index contributed by atoms with van der Waals surface area (Å²) in [6, 6.07) is 8.14. The molecule has 1 heterocycles. The molecule has 1 aliphatic heterocycles. The van der Waals surface area contributed by atoms with Gasteiger partial charge in [-0.1, -0.05) is 25.1 Å². The topological polar surface area (TPSA) is 32.8 Å². The molecule has 1 saturated heterocycles. The van der Waals surface area contributed by atoms with E-state index in [0.29, 0.717) is 6.04 Å². The Morgan fingerprint density at radius 3 is 2.62 bits per heavy atom. The van der Waals surface area contributed by atoms with Gasteiger partial charge < -0.3 is 14.5 Å². The number of nitrogens with zero attached hydrogens (tertiary/aromatic N) is 2. The number of hydrogen-bond acceptors (Lipinski definition) is 3. The van der Waals surface area contributed by atoms with Crippen molar-refractivity contribution in [1.29, 1.82) is 0 Å². The number of ether oxygens (including phenoxy) is 1. The number of para-hydroxylation sites is 1. The molecule has 0 saturated carbocycles. The van der Waals surface area contributed by atoms with E-state index in [-0.39, 0.29) is 12.5 Å². The van der Waals surface area contributed by atoms with Crippen molar-refractivity contribution in [2.45, 2.75) is 32.7 Å². The van der Waals surface area contributed by atoms with E-state index in [1.807, 2.05) is 43.1 Å². The Bertz CT molecular complexity index is 468. The van der Waals surface area contributed by atoms with E-state index in [1.165, 1.54) is 0 Å². The van der Waals surface area contributed by atoms with E-state index >= 15 is 0 Å². The van der Waals surface area contributed by atoms with Gasteiger partial charge in [-0.25, -0.2) is 0 Å². The first-order valence-corrected chi connectivity index (χ1v) is 7.78. The summed E-state index contributed by atoms with van der Waals surface area (Å²) in [7, 11) is 1.90. The predicted octanol–water partition coefficient (Wildman–Crippen LogP) is 2.32. The highest BCUT2D eigenvalue weighted by Gasteiger charge is 2.24. The minimum absolute atomic E-state index is 0.0631. The lowest BCUT2D eigenvalue weighted by Crippen LogP contribution is -2.46. The fourth-order valence-corrected chi connectivity index (χ4v) is 2.79. The summed E-state index contributed by atoms with van der Waals surface area (Å²) in [5, 5.41) is 0.